The van der Waals surface area contributed by atoms with Gasteiger partial charge in [0, 0.05) is 4.88 Å². The SMILES string of the molecule is Cc1ccc(Cl)c(O[C@H](C)C(=O)Nc2sc3c(c2C(N)=O)CCCCC3)c1. The number of nitrogens with one attached hydrogen (secondary N) is 1. The Morgan fingerprint density at radius 2 is 2.00 bits per heavy atom. The molecule has 0 saturated heterocycles. The second-order valence-corrected chi connectivity index (χ2v) is 8.33. The van der Waals surface area contributed by atoms with Crippen LogP contribution in [-0.4, -0.2) is 17.9 Å². The van der Waals surface area contributed by atoms with Crippen LogP contribution in [-0.2, 0) is 17.6 Å². The molecule has 0 radical (unpaired) electrons. The number of carbonyl (C=O) groups excluding carboxylic acids is 2. The number of anilines is 1. The van der Waals surface area contributed by atoms with Crippen LogP contribution in [0.15, 0.2) is 18.2 Å². The Kier molecular flexibility index (Phi) is 6.07. The van der Waals surface area contributed by atoms with Gasteiger partial charge in [-0.15, -0.1) is 11.3 Å². The third-order valence-corrected chi connectivity index (χ3v) is 6.18. The van der Waals surface area contributed by atoms with Gasteiger partial charge in [-0.2, -0.15) is 0 Å². The van der Waals surface area contributed by atoms with Crippen LogP contribution in [0.1, 0.15) is 52.5 Å². The molecule has 0 unspecified atom stereocenters. The van der Waals surface area contributed by atoms with Gasteiger partial charge in [0.05, 0.1) is 10.6 Å². The molecule has 7 heteroatoms. The van der Waals surface area contributed by atoms with Gasteiger partial charge >= 0.3 is 0 Å². The molecule has 144 valence electrons. The summed E-state index contributed by atoms with van der Waals surface area (Å²) < 4.78 is 5.73. The molecule has 1 aliphatic rings. The summed E-state index contributed by atoms with van der Waals surface area (Å²) in [6, 6.07) is 5.39. The molecule has 2 aromatic rings. The van der Waals surface area contributed by atoms with Crippen LogP contribution in [0.5, 0.6) is 5.75 Å². The third kappa shape index (κ3) is 4.45. The second-order valence-electron chi connectivity index (χ2n) is 6.82. The normalized spacial score (nSPS) is 14.8. The molecule has 0 bridgehead atoms. The van der Waals surface area contributed by atoms with Gasteiger partial charge in [0.2, 0.25) is 0 Å². The molecule has 1 atom stereocenters. The molecule has 1 aromatic carbocycles. The number of fused-ring (bicyclic) bond motifs is 1. The van der Waals surface area contributed by atoms with Crippen molar-refractivity contribution in [3.63, 3.8) is 0 Å². The molecular weight excluding hydrogens is 384 g/mol. The molecule has 1 aliphatic carbocycles. The minimum absolute atomic E-state index is 0.341. The lowest BCUT2D eigenvalue weighted by Crippen LogP contribution is -2.30. The number of primary amides is 1. The smallest absolute Gasteiger partial charge is 0.265 e. The van der Waals surface area contributed by atoms with Crippen molar-refractivity contribution in [3.8, 4) is 5.75 Å². The maximum absolute atomic E-state index is 12.6. The van der Waals surface area contributed by atoms with Crippen LogP contribution in [0.4, 0.5) is 5.00 Å². The average Bonchev–Trinajstić information content (AvgIpc) is 2.79. The summed E-state index contributed by atoms with van der Waals surface area (Å²) >= 11 is 7.59. The van der Waals surface area contributed by atoms with E-state index in [0.717, 1.165) is 48.1 Å². The van der Waals surface area contributed by atoms with Gasteiger partial charge in [-0.3, -0.25) is 9.59 Å². The zero-order valence-electron chi connectivity index (χ0n) is 15.4. The van der Waals surface area contributed by atoms with Crippen LogP contribution < -0.4 is 15.8 Å². The number of halogens is 1. The van der Waals surface area contributed by atoms with Crippen molar-refractivity contribution in [2.45, 2.75) is 52.1 Å². The molecule has 3 N–H and O–H groups in total. The summed E-state index contributed by atoms with van der Waals surface area (Å²) in [6.07, 6.45) is 4.23. The van der Waals surface area contributed by atoms with E-state index in [-0.39, 0.29) is 5.91 Å². The first-order valence-electron chi connectivity index (χ1n) is 9.05. The predicted molar refractivity (Wildman–Crippen MR) is 109 cm³/mol. The van der Waals surface area contributed by atoms with Crippen molar-refractivity contribution in [3.05, 3.63) is 44.8 Å². The van der Waals surface area contributed by atoms with Crippen LogP contribution in [0.3, 0.4) is 0 Å². The Morgan fingerprint density at radius 3 is 2.74 bits per heavy atom. The van der Waals surface area contributed by atoms with E-state index in [4.69, 9.17) is 22.1 Å². The molecule has 2 amide bonds. The van der Waals surface area contributed by atoms with Crippen molar-refractivity contribution in [2.24, 2.45) is 5.73 Å². The number of thiophene rings is 1. The minimum Gasteiger partial charge on any atom is -0.479 e. The molecule has 0 spiro atoms. The van der Waals surface area contributed by atoms with Crippen molar-refractivity contribution in [2.75, 3.05) is 5.32 Å². The van der Waals surface area contributed by atoms with Crippen LogP contribution in [0.25, 0.3) is 0 Å². The van der Waals surface area contributed by atoms with Gasteiger partial charge in [-0.05, 0) is 62.8 Å². The molecule has 1 heterocycles. The summed E-state index contributed by atoms with van der Waals surface area (Å²) in [5, 5.41) is 3.80. The van der Waals surface area contributed by atoms with E-state index >= 15 is 0 Å². The summed E-state index contributed by atoms with van der Waals surface area (Å²) in [5.74, 6) is -0.386. The van der Waals surface area contributed by atoms with Crippen molar-refractivity contribution in [1.29, 1.82) is 0 Å². The molecule has 3 rings (SSSR count). The lowest BCUT2D eigenvalue weighted by molar-refractivity contribution is -0.122. The van der Waals surface area contributed by atoms with E-state index in [2.05, 4.69) is 5.32 Å². The molecule has 0 aliphatic heterocycles. The predicted octanol–water partition coefficient (Wildman–Crippen LogP) is 4.48. The number of benzene rings is 1. The quantitative estimate of drug-likeness (QED) is 0.718. The zero-order valence-corrected chi connectivity index (χ0v) is 17.0. The van der Waals surface area contributed by atoms with E-state index in [0.29, 0.717) is 21.3 Å². The Morgan fingerprint density at radius 1 is 1.26 bits per heavy atom. The number of ether oxygens (including phenoxy) is 1. The fourth-order valence-electron chi connectivity index (χ4n) is 3.25. The molecular formula is C20H23ClN2O3S. The van der Waals surface area contributed by atoms with E-state index in [1.807, 2.05) is 13.0 Å². The summed E-state index contributed by atoms with van der Waals surface area (Å²) in [6.45, 7) is 3.57. The summed E-state index contributed by atoms with van der Waals surface area (Å²) in [4.78, 5) is 25.8. The third-order valence-electron chi connectivity index (χ3n) is 4.66. The van der Waals surface area contributed by atoms with Crippen LogP contribution >= 0.6 is 22.9 Å². The first-order chi connectivity index (χ1) is 12.9. The summed E-state index contributed by atoms with van der Waals surface area (Å²) in [7, 11) is 0. The van der Waals surface area contributed by atoms with Gasteiger partial charge < -0.3 is 15.8 Å². The van der Waals surface area contributed by atoms with Crippen molar-refractivity contribution in [1.82, 2.24) is 0 Å². The number of hydrogen-bond acceptors (Lipinski definition) is 4. The molecule has 5 nitrogen and oxygen atoms in total. The Hall–Kier alpha value is -2.05. The lowest BCUT2D eigenvalue weighted by atomic mass is 10.1. The number of amides is 2. The van der Waals surface area contributed by atoms with Crippen LogP contribution in [0.2, 0.25) is 5.02 Å². The van der Waals surface area contributed by atoms with Gasteiger partial charge in [-0.25, -0.2) is 0 Å². The van der Waals surface area contributed by atoms with Crippen molar-refractivity contribution < 1.29 is 14.3 Å². The number of hydrogen-bond donors (Lipinski definition) is 2. The van der Waals surface area contributed by atoms with Gasteiger partial charge in [-0.1, -0.05) is 24.1 Å². The maximum Gasteiger partial charge on any atom is 0.265 e. The Labute approximate surface area is 167 Å². The van der Waals surface area contributed by atoms with Crippen LogP contribution in [0, 0.1) is 6.92 Å². The highest BCUT2D eigenvalue weighted by Crippen LogP contribution is 2.37. The molecule has 1 aromatic heterocycles. The fourth-order valence-corrected chi connectivity index (χ4v) is 4.71. The van der Waals surface area contributed by atoms with Gasteiger partial charge in [0.25, 0.3) is 11.8 Å². The number of nitrogens with two attached hydrogens (primary N) is 1. The topological polar surface area (TPSA) is 81.4 Å². The fraction of sp³-hybridized carbons (Fsp3) is 0.400. The monoisotopic (exact) mass is 406 g/mol. The Bertz CT molecular complexity index is 878. The maximum atomic E-state index is 12.6. The average molecular weight is 407 g/mol. The highest BCUT2D eigenvalue weighted by Gasteiger charge is 2.26. The summed E-state index contributed by atoms with van der Waals surface area (Å²) in [5.41, 5.74) is 8.05. The van der Waals surface area contributed by atoms with E-state index in [9.17, 15) is 9.59 Å². The van der Waals surface area contributed by atoms with Crippen molar-refractivity contribution >= 4 is 39.8 Å². The highest BCUT2D eigenvalue weighted by molar-refractivity contribution is 7.17. The molecule has 0 saturated carbocycles. The minimum atomic E-state index is -0.771. The van der Waals surface area contributed by atoms with E-state index in [1.54, 1.807) is 19.1 Å². The van der Waals surface area contributed by atoms with Gasteiger partial charge in [0.1, 0.15) is 10.8 Å². The van der Waals surface area contributed by atoms with E-state index < -0.39 is 12.0 Å². The number of rotatable bonds is 5. The largest absolute Gasteiger partial charge is 0.479 e. The van der Waals surface area contributed by atoms with Gasteiger partial charge in [0.15, 0.2) is 6.10 Å². The lowest BCUT2D eigenvalue weighted by Gasteiger charge is -2.16. The first-order valence-corrected chi connectivity index (χ1v) is 10.2. The molecule has 0 fully saturated rings. The molecule has 27 heavy (non-hydrogen) atoms. The zero-order chi connectivity index (χ0) is 19.6. The number of aryl methyl sites for hydroxylation is 2. The second kappa shape index (κ2) is 8.31. The Balaban J connectivity index is 1.79. The first kappa shape index (κ1) is 19.7. The standard InChI is InChI=1S/C20H23ClN2O3S/c1-11-8-9-14(21)15(10-11)26-12(2)19(25)23-20-17(18(22)24)13-6-4-3-5-7-16(13)27-20/h8-10,12H,3-7H2,1-2H3,(H2,22,24)(H,23,25)/t12-/m1/s1. The van der Waals surface area contributed by atoms with E-state index in [1.165, 1.54) is 11.3 Å². The highest BCUT2D eigenvalue weighted by atomic mass is 35.5. The number of carbonyl (C=O) groups is 2.